The van der Waals surface area contributed by atoms with Crippen molar-refractivity contribution in [2.75, 3.05) is 6.61 Å². The van der Waals surface area contributed by atoms with Crippen LogP contribution in [-0.4, -0.2) is 73.6 Å². The van der Waals surface area contributed by atoms with E-state index in [1.807, 2.05) is 0 Å². The molecule has 0 aliphatic carbocycles. The van der Waals surface area contributed by atoms with Crippen LogP contribution in [0.2, 0.25) is 0 Å². The van der Waals surface area contributed by atoms with E-state index in [1.165, 1.54) is 0 Å². The van der Waals surface area contributed by atoms with Crippen molar-refractivity contribution in [3.63, 3.8) is 0 Å². The number of hydrogen-bond acceptors (Lipinski definition) is 10. The molecule has 0 spiro atoms. The summed E-state index contributed by atoms with van der Waals surface area (Å²) < 4.78 is 77.2. The molecule has 1 heterocycles. The summed E-state index contributed by atoms with van der Waals surface area (Å²) in [6.45, 7) is -0.340. The van der Waals surface area contributed by atoms with E-state index in [0.29, 0.717) is 6.21 Å². The van der Waals surface area contributed by atoms with Gasteiger partial charge < -0.3 is 35.2 Å². The molecule has 8 N–H and O–H groups in total. The summed E-state index contributed by atoms with van der Waals surface area (Å²) in [5.74, 6) is -0.933. The van der Waals surface area contributed by atoms with Crippen LogP contribution in [0.25, 0.3) is 0 Å². The first kappa shape index (κ1) is 26.4. The van der Waals surface area contributed by atoms with Gasteiger partial charge in [0, 0.05) is 6.21 Å². The van der Waals surface area contributed by atoms with Crippen molar-refractivity contribution in [3.8, 4) is 0 Å². The Morgan fingerprint density at radius 2 is 1.86 bits per heavy atom. The molecule has 0 saturated carbocycles. The fourth-order valence-corrected chi connectivity index (χ4v) is 4.93. The van der Waals surface area contributed by atoms with Crippen molar-refractivity contribution in [2.24, 2.45) is 10.7 Å². The SMILES string of the molecule is CC1(F)C(N=CC(F)C(=N)N)OC(COP(=O)(O)OP(=O)(O)OP(=O)(O)O)C1O. The van der Waals surface area contributed by atoms with Gasteiger partial charge in [0.25, 0.3) is 0 Å². The summed E-state index contributed by atoms with van der Waals surface area (Å²) in [6.07, 6.45) is -7.34. The topological polar surface area (TPSA) is 252 Å². The van der Waals surface area contributed by atoms with Gasteiger partial charge >= 0.3 is 23.5 Å². The van der Waals surface area contributed by atoms with Crippen LogP contribution in [0.1, 0.15) is 6.92 Å². The summed E-state index contributed by atoms with van der Waals surface area (Å²) >= 11 is 0. The number of rotatable bonds is 10. The maximum atomic E-state index is 14.5. The predicted octanol–water partition coefficient (Wildman–Crippen LogP) is -0.511. The second-order valence-electron chi connectivity index (χ2n) is 5.66. The van der Waals surface area contributed by atoms with E-state index >= 15 is 0 Å². The molecule has 1 saturated heterocycles. The first-order chi connectivity index (χ1) is 12.9. The molecule has 7 unspecified atom stereocenters. The Kier molecular flexibility index (Phi) is 8.38. The molecule has 0 bridgehead atoms. The Balaban J connectivity index is 2.78. The third-order valence-corrected chi connectivity index (χ3v) is 6.99. The van der Waals surface area contributed by atoms with Gasteiger partial charge in [-0.05, 0) is 6.92 Å². The minimum atomic E-state index is -5.76. The maximum absolute atomic E-state index is 14.5. The van der Waals surface area contributed by atoms with Crippen LogP contribution in [0.15, 0.2) is 4.99 Å². The number of halogens is 2. The molecule has 0 radical (unpaired) electrons. The molecule has 170 valence electrons. The zero-order valence-corrected chi connectivity index (χ0v) is 17.0. The van der Waals surface area contributed by atoms with E-state index in [4.69, 9.17) is 30.6 Å². The second-order valence-corrected chi connectivity index (χ2v) is 10.1. The van der Waals surface area contributed by atoms with Gasteiger partial charge in [0.15, 0.2) is 18.1 Å². The number of nitrogens with one attached hydrogen (secondary N) is 1. The monoisotopic (exact) mass is 491 g/mol. The normalized spacial score (nSPS) is 33.3. The van der Waals surface area contributed by atoms with Gasteiger partial charge in [-0.1, -0.05) is 0 Å². The van der Waals surface area contributed by atoms with Crippen LogP contribution in [0.5, 0.6) is 0 Å². The minimum Gasteiger partial charge on any atom is -0.387 e. The Morgan fingerprint density at radius 3 is 2.34 bits per heavy atom. The van der Waals surface area contributed by atoms with Gasteiger partial charge in [-0.3, -0.25) is 14.9 Å². The Morgan fingerprint density at radius 1 is 1.31 bits per heavy atom. The molecule has 20 heteroatoms. The summed E-state index contributed by atoms with van der Waals surface area (Å²) in [7, 11) is -16.9. The van der Waals surface area contributed by atoms with E-state index in [0.717, 1.165) is 6.92 Å². The van der Waals surface area contributed by atoms with Crippen LogP contribution < -0.4 is 5.73 Å². The summed E-state index contributed by atoms with van der Waals surface area (Å²) in [5, 5.41) is 16.7. The maximum Gasteiger partial charge on any atom is 0.490 e. The van der Waals surface area contributed by atoms with Crippen LogP contribution in [0.3, 0.4) is 0 Å². The lowest BCUT2D eigenvalue weighted by Crippen LogP contribution is -2.41. The van der Waals surface area contributed by atoms with Gasteiger partial charge in [-0.15, -0.1) is 0 Å². The van der Waals surface area contributed by atoms with E-state index in [2.05, 4.69) is 18.1 Å². The quantitative estimate of drug-likeness (QED) is 0.116. The van der Waals surface area contributed by atoms with Crippen LogP contribution >= 0.6 is 23.5 Å². The van der Waals surface area contributed by atoms with Crippen molar-refractivity contribution in [1.29, 1.82) is 5.41 Å². The molecule has 1 rings (SSSR count). The van der Waals surface area contributed by atoms with Crippen molar-refractivity contribution >= 4 is 35.5 Å². The van der Waals surface area contributed by atoms with Crippen molar-refractivity contribution in [2.45, 2.75) is 37.2 Å². The highest BCUT2D eigenvalue weighted by atomic mass is 31.3. The van der Waals surface area contributed by atoms with E-state index in [-0.39, 0.29) is 0 Å². The molecule has 7 atom stereocenters. The number of phosphoric acid groups is 3. The molecule has 29 heavy (non-hydrogen) atoms. The third kappa shape index (κ3) is 8.17. The highest BCUT2D eigenvalue weighted by Crippen LogP contribution is 2.66. The predicted molar refractivity (Wildman–Crippen MR) is 89.3 cm³/mol. The highest BCUT2D eigenvalue weighted by Gasteiger charge is 2.55. The number of amidine groups is 1. The molecule has 0 aromatic carbocycles. The minimum absolute atomic E-state index is 0.433. The number of ether oxygens (including phenoxy) is 1. The molecular formula is C9H18F2N3O12P3. The molecule has 1 fully saturated rings. The fourth-order valence-electron chi connectivity index (χ4n) is 1.90. The van der Waals surface area contributed by atoms with Crippen LogP contribution in [-0.2, 0) is 31.6 Å². The molecule has 0 amide bonds. The zero-order valence-electron chi connectivity index (χ0n) is 14.3. The molecular weight excluding hydrogens is 473 g/mol. The number of nitrogens with two attached hydrogens (primary N) is 1. The summed E-state index contributed by atoms with van der Waals surface area (Å²) in [6, 6.07) is 0. The van der Waals surface area contributed by atoms with Crippen LogP contribution in [0, 0.1) is 5.41 Å². The Labute approximate surface area is 161 Å². The average Bonchev–Trinajstić information content (AvgIpc) is 2.69. The Bertz CT molecular complexity index is 790. The summed E-state index contributed by atoms with van der Waals surface area (Å²) in [4.78, 5) is 38.5. The fraction of sp³-hybridized carbons (Fsp3) is 0.778. The lowest BCUT2D eigenvalue weighted by atomic mass is 9.99. The molecule has 1 aliphatic rings. The third-order valence-electron chi connectivity index (χ3n) is 3.18. The van der Waals surface area contributed by atoms with E-state index in [1.54, 1.807) is 0 Å². The lowest BCUT2D eigenvalue weighted by molar-refractivity contribution is -0.0189. The smallest absolute Gasteiger partial charge is 0.387 e. The number of nitrogens with zero attached hydrogens (tertiary/aromatic N) is 1. The number of hydrogen-bond donors (Lipinski definition) is 7. The van der Waals surface area contributed by atoms with E-state index < -0.39 is 66.2 Å². The second kappa shape index (κ2) is 9.22. The molecule has 1 aliphatic heterocycles. The number of aliphatic imine (C=N–C) groups is 1. The largest absolute Gasteiger partial charge is 0.490 e. The number of aliphatic hydroxyl groups excluding tert-OH is 1. The van der Waals surface area contributed by atoms with Gasteiger partial charge in [-0.25, -0.2) is 22.5 Å². The first-order valence-electron chi connectivity index (χ1n) is 7.18. The zero-order chi connectivity index (χ0) is 22.8. The number of aliphatic hydroxyl groups is 1. The number of phosphoric ester groups is 1. The first-order valence-corrected chi connectivity index (χ1v) is 11.7. The molecule has 15 nitrogen and oxygen atoms in total. The number of alkyl halides is 2. The lowest BCUT2D eigenvalue weighted by Gasteiger charge is -2.21. The van der Waals surface area contributed by atoms with Gasteiger partial charge in [0.1, 0.15) is 18.0 Å². The molecule has 0 aromatic heterocycles. The van der Waals surface area contributed by atoms with Gasteiger partial charge in [0.05, 0.1) is 6.61 Å². The van der Waals surface area contributed by atoms with Gasteiger partial charge in [0.2, 0.25) is 0 Å². The standard InChI is InChI=1S/C9H18F2N3O12P3/c1-9(11)6(15)5(24-8(9)14-2-4(10)7(12)13)3-23-28(19,20)26-29(21,22)25-27(16,17)18/h2,4-6,8,15H,3H2,1H3,(H3,12,13)(H,19,20)(H,21,22)(H2,16,17,18). The average molecular weight is 491 g/mol. The highest BCUT2D eigenvalue weighted by molar-refractivity contribution is 7.66. The van der Waals surface area contributed by atoms with Gasteiger partial charge in [-0.2, -0.15) is 8.62 Å². The van der Waals surface area contributed by atoms with Crippen molar-refractivity contribution in [1.82, 2.24) is 0 Å². The van der Waals surface area contributed by atoms with E-state index in [9.17, 15) is 32.5 Å². The van der Waals surface area contributed by atoms with Crippen molar-refractivity contribution < 1.29 is 65.0 Å². The van der Waals surface area contributed by atoms with Crippen LogP contribution in [0.4, 0.5) is 8.78 Å². The molecule has 0 aromatic rings. The summed E-state index contributed by atoms with van der Waals surface area (Å²) in [5.41, 5.74) is 2.21. The Hall–Kier alpha value is -0.670. The van der Waals surface area contributed by atoms with Crippen molar-refractivity contribution in [3.05, 3.63) is 0 Å².